The van der Waals surface area contributed by atoms with Gasteiger partial charge in [0.25, 0.3) is 0 Å². The fraction of sp³-hybridized carbons (Fsp3) is 0.0526. The Morgan fingerprint density at radius 2 is 2.00 bits per heavy atom. The third-order valence-electron chi connectivity index (χ3n) is 3.49. The van der Waals surface area contributed by atoms with Crippen molar-refractivity contribution in [1.82, 2.24) is 10.2 Å². The fourth-order valence-corrected chi connectivity index (χ4v) is 2.35. The Kier molecular flexibility index (Phi) is 5.38. The largest absolute Gasteiger partial charge is 0.434 e. The lowest BCUT2D eigenvalue weighted by Gasteiger charge is -2.07. The fourth-order valence-electron chi connectivity index (χ4n) is 2.35. The van der Waals surface area contributed by atoms with Crippen LogP contribution < -0.4 is 10.1 Å². The van der Waals surface area contributed by atoms with Gasteiger partial charge in [-0.25, -0.2) is 0 Å². The quantitative estimate of drug-likeness (QED) is 0.647. The van der Waals surface area contributed by atoms with Gasteiger partial charge >= 0.3 is 6.61 Å². The van der Waals surface area contributed by atoms with Crippen LogP contribution in [-0.4, -0.2) is 22.7 Å². The molecule has 0 radical (unpaired) electrons. The van der Waals surface area contributed by atoms with Crippen LogP contribution >= 0.6 is 0 Å². The van der Waals surface area contributed by atoms with E-state index in [9.17, 15) is 13.6 Å². The summed E-state index contributed by atoms with van der Waals surface area (Å²) in [6.07, 6.45) is 4.32. The van der Waals surface area contributed by atoms with Crippen molar-refractivity contribution < 1.29 is 18.3 Å². The molecule has 3 aromatic rings. The number of rotatable bonds is 6. The minimum Gasteiger partial charge on any atom is -0.434 e. The molecule has 1 heterocycles. The highest BCUT2D eigenvalue weighted by Gasteiger charge is 2.08. The summed E-state index contributed by atoms with van der Waals surface area (Å²) in [6.45, 7) is -2.93. The number of H-pyrrole nitrogens is 1. The van der Waals surface area contributed by atoms with Crippen LogP contribution in [0.1, 0.15) is 5.56 Å². The number of halogens is 2. The maximum Gasteiger partial charge on any atom is 0.387 e. The van der Waals surface area contributed by atoms with Gasteiger partial charge < -0.3 is 10.1 Å². The first kappa shape index (κ1) is 17.3. The highest BCUT2D eigenvalue weighted by Crippen LogP contribution is 2.22. The monoisotopic (exact) mass is 355 g/mol. The van der Waals surface area contributed by atoms with Gasteiger partial charge in [-0.2, -0.15) is 13.9 Å². The summed E-state index contributed by atoms with van der Waals surface area (Å²) in [7, 11) is 0. The van der Waals surface area contributed by atoms with E-state index < -0.39 is 12.5 Å². The molecule has 2 aromatic carbocycles. The molecule has 2 N–H and O–H groups in total. The molecule has 132 valence electrons. The zero-order chi connectivity index (χ0) is 18.4. The highest BCUT2D eigenvalue weighted by molar-refractivity contribution is 6.02. The van der Waals surface area contributed by atoms with Gasteiger partial charge in [-0.05, 0) is 30.3 Å². The van der Waals surface area contributed by atoms with E-state index in [0.29, 0.717) is 11.3 Å². The zero-order valence-electron chi connectivity index (χ0n) is 13.5. The van der Waals surface area contributed by atoms with E-state index in [4.69, 9.17) is 0 Å². The van der Waals surface area contributed by atoms with Gasteiger partial charge in [-0.15, -0.1) is 0 Å². The summed E-state index contributed by atoms with van der Waals surface area (Å²) >= 11 is 0. The van der Waals surface area contributed by atoms with Crippen LogP contribution in [0, 0.1) is 0 Å². The second-order valence-electron chi connectivity index (χ2n) is 5.29. The number of anilines is 1. The van der Waals surface area contributed by atoms with Crippen molar-refractivity contribution in [2.75, 3.05) is 5.32 Å². The maximum absolute atomic E-state index is 12.4. The number of aromatic amines is 1. The van der Waals surface area contributed by atoms with Gasteiger partial charge in [-0.3, -0.25) is 9.89 Å². The smallest absolute Gasteiger partial charge is 0.387 e. The number of carbonyl (C=O) groups is 1. The Morgan fingerprint density at radius 3 is 2.77 bits per heavy atom. The number of hydrogen-bond donors (Lipinski definition) is 2. The molecule has 0 aliphatic heterocycles. The van der Waals surface area contributed by atoms with Crippen LogP contribution in [0.25, 0.3) is 17.3 Å². The van der Waals surface area contributed by atoms with Crippen molar-refractivity contribution >= 4 is 17.7 Å². The number of aromatic nitrogens is 2. The van der Waals surface area contributed by atoms with Crippen LogP contribution in [0.3, 0.4) is 0 Å². The summed E-state index contributed by atoms with van der Waals surface area (Å²) in [5.74, 6) is -0.383. The van der Waals surface area contributed by atoms with Gasteiger partial charge in [0.2, 0.25) is 5.91 Å². The predicted octanol–water partition coefficient (Wildman–Crippen LogP) is 4.33. The number of nitrogens with zero attached hydrogens (tertiary/aromatic N) is 1. The van der Waals surface area contributed by atoms with E-state index in [1.165, 1.54) is 18.2 Å². The molecule has 7 heteroatoms. The van der Waals surface area contributed by atoms with Crippen molar-refractivity contribution in [3.05, 3.63) is 72.4 Å². The molecule has 26 heavy (non-hydrogen) atoms. The van der Waals surface area contributed by atoms with Gasteiger partial charge in [0.1, 0.15) is 5.75 Å². The molecule has 0 aliphatic rings. The van der Waals surface area contributed by atoms with E-state index in [0.717, 1.165) is 11.3 Å². The van der Waals surface area contributed by atoms with Gasteiger partial charge in [0.05, 0.1) is 5.69 Å². The number of nitrogens with one attached hydrogen (secondary N) is 2. The average molecular weight is 355 g/mol. The molecule has 0 spiro atoms. The molecular weight excluding hydrogens is 340 g/mol. The lowest BCUT2D eigenvalue weighted by molar-refractivity contribution is -0.111. The minimum absolute atomic E-state index is 0.00722. The average Bonchev–Trinajstić information content (AvgIpc) is 3.15. The number of ether oxygens (including phenoxy) is 1. The first-order valence-electron chi connectivity index (χ1n) is 7.74. The van der Waals surface area contributed by atoms with Crippen molar-refractivity contribution in [2.45, 2.75) is 6.61 Å². The normalized spacial score (nSPS) is 11.0. The first-order valence-corrected chi connectivity index (χ1v) is 7.74. The topological polar surface area (TPSA) is 67.0 Å². The molecule has 5 nitrogen and oxygen atoms in total. The SMILES string of the molecule is O=C(/C=C/c1ccccc1OC(F)F)Nc1cccc(-c2ccn[nH]2)c1. The van der Waals surface area contributed by atoms with Crippen molar-refractivity contribution in [3.8, 4) is 17.0 Å². The molecule has 0 fully saturated rings. The Hall–Kier alpha value is -3.48. The van der Waals surface area contributed by atoms with Crippen LogP contribution in [0.2, 0.25) is 0 Å². The van der Waals surface area contributed by atoms with Gasteiger partial charge in [-0.1, -0.05) is 30.3 Å². The minimum atomic E-state index is -2.93. The van der Waals surface area contributed by atoms with Gasteiger partial charge in [0.15, 0.2) is 0 Å². The molecule has 1 amide bonds. The van der Waals surface area contributed by atoms with E-state index in [1.807, 2.05) is 12.1 Å². The maximum atomic E-state index is 12.4. The van der Waals surface area contributed by atoms with E-state index in [-0.39, 0.29) is 5.75 Å². The molecule has 0 aliphatic carbocycles. The molecule has 0 saturated carbocycles. The Balaban J connectivity index is 1.70. The van der Waals surface area contributed by atoms with E-state index in [1.54, 1.807) is 42.6 Å². The molecule has 1 aromatic heterocycles. The molecule has 0 bridgehead atoms. The van der Waals surface area contributed by atoms with E-state index in [2.05, 4.69) is 20.3 Å². The molecule has 0 atom stereocenters. The highest BCUT2D eigenvalue weighted by atomic mass is 19.3. The Morgan fingerprint density at radius 1 is 1.15 bits per heavy atom. The summed E-state index contributed by atoms with van der Waals surface area (Å²) in [4.78, 5) is 12.1. The number of benzene rings is 2. The summed E-state index contributed by atoms with van der Waals surface area (Å²) in [5.41, 5.74) is 2.69. The van der Waals surface area contributed by atoms with Crippen LogP contribution in [-0.2, 0) is 4.79 Å². The number of hydrogen-bond acceptors (Lipinski definition) is 3. The second-order valence-corrected chi connectivity index (χ2v) is 5.29. The zero-order valence-corrected chi connectivity index (χ0v) is 13.5. The number of alkyl halides is 2. The Bertz CT molecular complexity index is 909. The molecule has 0 saturated heterocycles. The van der Waals surface area contributed by atoms with Crippen molar-refractivity contribution in [3.63, 3.8) is 0 Å². The first-order chi connectivity index (χ1) is 12.6. The van der Waals surface area contributed by atoms with Crippen LogP contribution in [0.5, 0.6) is 5.75 Å². The molecular formula is C19H15F2N3O2. The lowest BCUT2D eigenvalue weighted by atomic mass is 10.1. The Labute approximate surface area is 148 Å². The standard InChI is InChI=1S/C19H15F2N3O2/c20-19(21)26-17-7-2-1-4-13(17)8-9-18(25)23-15-6-3-5-14(12-15)16-10-11-22-24-16/h1-12,19H,(H,22,24)(H,23,25)/b9-8+. The second kappa shape index (κ2) is 8.06. The lowest BCUT2D eigenvalue weighted by Crippen LogP contribution is -2.08. The summed E-state index contributed by atoms with van der Waals surface area (Å²) in [6, 6.07) is 15.3. The van der Waals surface area contributed by atoms with Crippen LogP contribution in [0.4, 0.5) is 14.5 Å². The van der Waals surface area contributed by atoms with Crippen molar-refractivity contribution in [2.24, 2.45) is 0 Å². The third-order valence-corrected chi connectivity index (χ3v) is 3.49. The van der Waals surface area contributed by atoms with Crippen molar-refractivity contribution in [1.29, 1.82) is 0 Å². The number of carbonyl (C=O) groups excluding carboxylic acids is 1. The third kappa shape index (κ3) is 4.54. The van der Waals surface area contributed by atoms with Gasteiger partial charge in [0, 0.05) is 29.1 Å². The molecule has 0 unspecified atom stereocenters. The molecule has 3 rings (SSSR count). The van der Waals surface area contributed by atoms with Crippen LogP contribution in [0.15, 0.2) is 66.9 Å². The number of para-hydroxylation sites is 1. The van der Waals surface area contributed by atoms with E-state index >= 15 is 0 Å². The predicted molar refractivity (Wildman–Crippen MR) is 94.8 cm³/mol. The summed E-state index contributed by atoms with van der Waals surface area (Å²) in [5, 5.41) is 9.47. The number of amides is 1. The summed E-state index contributed by atoms with van der Waals surface area (Å²) < 4.78 is 29.2.